The van der Waals surface area contributed by atoms with E-state index in [4.69, 9.17) is 0 Å². The number of nitrogens with zero attached hydrogens (tertiary/aromatic N) is 2. The van der Waals surface area contributed by atoms with Crippen molar-refractivity contribution in [2.24, 2.45) is 0 Å². The number of aromatic nitrogens is 2. The van der Waals surface area contributed by atoms with E-state index >= 15 is 0 Å². The van der Waals surface area contributed by atoms with Gasteiger partial charge in [0.05, 0.1) is 0 Å². The highest BCUT2D eigenvalue weighted by Gasteiger charge is 1.99. The molecule has 0 radical (unpaired) electrons. The van der Waals surface area contributed by atoms with Gasteiger partial charge in [0.2, 0.25) is 0 Å². The Kier molecular flexibility index (Phi) is 4.31. The van der Waals surface area contributed by atoms with Crippen LogP contribution in [-0.2, 0) is 6.42 Å². The van der Waals surface area contributed by atoms with Gasteiger partial charge in [-0.25, -0.2) is 9.97 Å². The largest absolute Gasteiger partial charge is 0.370 e. The molecule has 0 aliphatic heterocycles. The van der Waals surface area contributed by atoms with E-state index in [0.717, 1.165) is 29.2 Å². The van der Waals surface area contributed by atoms with E-state index in [1.54, 1.807) is 0 Å². The average Bonchev–Trinajstić information content (AvgIpc) is 2.27. The maximum Gasteiger partial charge on any atom is 0.130 e. The van der Waals surface area contributed by atoms with Crippen molar-refractivity contribution in [2.75, 3.05) is 11.9 Å². The lowest BCUT2D eigenvalue weighted by molar-refractivity contribution is 0.973. The van der Waals surface area contributed by atoms with Crippen LogP contribution in [0.5, 0.6) is 0 Å². The van der Waals surface area contributed by atoms with Crippen LogP contribution in [0.3, 0.4) is 0 Å². The van der Waals surface area contributed by atoms with Crippen LogP contribution in [0.25, 0.3) is 0 Å². The average molecular weight is 306 g/mol. The van der Waals surface area contributed by atoms with E-state index in [-0.39, 0.29) is 0 Å². The van der Waals surface area contributed by atoms with Gasteiger partial charge in [0.1, 0.15) is 16.2 Å². The Morgan fingerprint density at radius 2 is 2.00 bits per heavy atom. The van der Waals surface area contributed by atoms with Crippen molar-refractivity contribution in [3.8, 4) is 0 Å². The number of nitrogens with one attached hydrogen (secondary N) is 1. The maximum absolute atomic E-state index is 4.33. The van der Waals surface area contributed by atoms with Crippen LogP contribution in [0.4, 0.5) is 5.82 Å². The Labute approximate surface area is 116 Å². The number of hydrogen-bond acceptors (Lipinski definition) is 3. The van der Waals surface area contributed by atoms with Gasteiger partial charge >= 0.3 is 0 Å². The van der Waals surface area contributed by atoms with Crippen LogP contribution in [-0.4, -0.2) is 16.5 Å². The number of rotatable bonds is 4. The second kappa shape index (κ2) is 5.96. The number of halogens is 1. The third kappa shape index (κ3) is 3.81. The topological polar surface area (TPSA) is 37.8 Å². The fourth-order valence-electron chi connectivity index (χ4n) is 1.82. The molecule has 1 aromatic heterocycles. The first kappa shape index (κ1) is 13.0. The predicted molar refractivity (Wildman–Crippen MR) is 77.8 cm³/mol. The van der Waals surface area contributed by atoms with Crippen molar-refractivity contribution in [1.82, 2.24) is 9.97 Å². The van der Waals surface area contributed by atoms with Crippen LogP contribution in [0, 0.1) is 13.8 Å². The standard InChI is InChI=1S/C14H16BrN3/c1-10-4-3-5-12(8-10)6-7-16-14-9-13(15)17-11(2)18-14/h3-5,8-9H,6-7H2,1-2H3,(H,16,17,18). The molecule has 18 heavy (non-hydrogen) atoms. The highest BCUT2D eigenvalue weighted by atomic mass is 79.9. The molecule has 2 aromatic rings. The molecule has 0 unspecified atom stereocenters. The molecule has 0 atom stereocenters. The molecule has 0 saturated heterocycles. The quantitative estimate of drug-likeness (QED) is 0.878. The first-order chi connectivity index (χ1) is 8.63. The van der Waals surface area contributed by atoms with Crippen molar-refractivity contribution < 1.29 is 0 Å². The highest BCUT2D eigenvalue weighted by molar-refractivity contribution is 9.10. The molecule has 1 N–H and O–H groups in total. The fourth-order valence-corrected chi connectivity index (χ4v) is 2.30. The molecular weight excluding hydrogens is 290 g/mol. The lowest BCUT2D eigenvalue weighted by atomic mass is 10.1. The summed E-state index contributed by atoms with van der Waals surface area (Å²) >= 11 is 3.37. The summed E-state index contributed by atoms with van der Waals surface area (Å²) in [6.45, 7) is 4.87. The smallest absolute Gasteiger partial charge is 0.130 e. The van der Waals surface area contributed by atoms with E-state index in [1.165, 1.54) is 11.1 Å². The molecule has 0 aliphatic carbocycles. The van der Waals surface area contributed by atoms with Crippen molar-refractivity contribution >= 4 is 21.7 Å². The van der Waals surface area contributed by atoms with Gasteiger partial charge in [-0.1, -0.05) is 29.8 Å². The van der Waals surface area contributed by atoms with E-state index in [9.17, 15) is 0 Å². The molecule has 2 rings (SSSR count). The zero-order chi connectivity index (χ0) is 13.0. The summed E-state index contributed by atoms with van der Waals surface area (Å²) in [4.78, 5) is 8.51. The van der Waals surface area contributed by atoms with Crippen LogP contribution in [0.15, 0.2) is 34.9 Å². The molecule has 0 aliphatic rings. The van der Waals surface area contributed by atoms with Gasteiger partial charge in [-0.15, -0.1) is 0 Å². The molecule has 0 amide bonds. The summed E-state index contributed by atoms with van der Waals surface area (Å²) in [5, 5.41) is 3.31. The molecule has 4 heteroatoms. The molecule has 0 fully saturated rings. The summed E-state index contributed by atoms with van der Waals surface area (Å²) in [6.07, 6.45) is 0.988. The summed E-state index contributed by atoms with van der Waals surface area (Å²) in [7, 11) is 0. The Morgan fingerprint density at radius 3 is 2.72 bits per heavy atom. The minimum Gasteiger partial charge on any atom is -0.370 e. The molecule has 0 saturated carbocycles. The van der Waals surface area contributed by atoms with Crippen molar-refractivity contribution in [2.45, 2.75) is 20.3 Å². The van der Waals surface area contributed by atoms with Crippen LogP contribution in [0.1, 0.15) is 17.0 Å². The van der Waals surface area contributed by atoms with Gasteiger partial charge in [0, 0.05) is 12.6 Å². The molecule has 94 valence electrons. The van der Waals surface area contributed by atoms with E-state index in [2.05, 4.69) is 62.4 Å². The van der Waals surface area contributed by atoms with Crippen molar-refractivity contribution in [1.29, 1.82) is 0 Å². The lowest BCUT2D eigenvalue weighted by Gasteiger charge is -2.07. The van der Waals surface area contributed by atoms with Crippen LogP contribution in [0.2, 0.25) is 0 Å². The van der Waals surface area contributed by atoms with Crippen molar-refractivity contribution in [3.63, 3.8) is 0 Å². The summed E-state index contributed by atoms with van der Waals surface area (Å²) in [5.74, 6) is 1.63. The number of anilines is 1. The predicted octanol–water partition coefficient (Wildman–Crippen LogP) is 3.51. The second-order valence-corrected chi connectivity index (χ2v) is 5.10. The minimum absolute atomic E-state index is 0.766. The Morgan fingerprint density at radius 1 is 1.17 bits per heavy atom. The zero-order valence-corrected chi connectivity index (χ0v) is 12.2. The monoisotopic (exact) mass is 305 g/mol. The Balaban J connectivity index is 1.92. The molecule has 3 nitrogen and oxygen atoms in total. The Bertz CT molecular complexity index is 520. The third-order valence-electron chi connectivity index (χ3n) is 2.61. The normalized spacial score (nSPS) is 10.4. The molecular formula is C14H16BrN3. The first-order valence-corrected chi connectivity index (χ1v) is 6.73. The van der Waals surface area contributed by atoms with E-state index in [0.29, 0.717) is 0 Å². The second-order valence-electron chi connectivity index (χ2n) is 4.29. The Hall–Kier alpha value is -1.42. The lowest BCUT2D eigenvalue weighted by Crippen LogP contribution is -2.07. The zero-order valence-electron chi connectivity index (χ0n) is 10.6. The third-order valence-corrected chi connectivity index (χ3v) is 3.02. The highest BCUT2D eigenvalue weighted by Crippen LogP contribution is 2.12. The van der Waals surface area contributed by atoms with Gasteiger partial charge in [0.15, 0.2) is 0 Å². The first-order valence-electron chi connectivity index (χ1n) is 5.94. The number of aryl methyl sites for hydroxylation is 2. The summed E-state index contributed by atoms with van der Waals surface area (Å²) in [6, 6.07) is 10.5. The maximum atomic E-state index is 4.33. The SMILES string of the molecule is Cc1cccc(CCNc2cc(Br)nc(C)n2)c1. The van der Waals surface area contributed by atoms with Crippen LogP contribution >= 0.6 is 15.9 Å². The van der Waals surface area contributed by atoms with Crippen LogP contribution < -0.4 is 5.32 Å². The van der Waals surface area contributed by atoms with Crippen molar-refractivity contribution in [3.05, 3.63) is 51.9 Å². The molecule has 1 heterocycles. The van der Waals surface area contributed by atoms with Gasteiger partial charge < -0.3 is 5.32 Å². The van der Waals surface area contributed by atoms with Gasteiger partial charge in [-0.2, -0.15) is 0 Å². The molecule has 1 aromatic carbocycles. The summed E-state index contributed by atoms with van der Waals surface area (Å²) < 4.78 is 0.813. The van der Waals surface area contributed by atoms with Gasteiger partial charge in [0.25, 0.3) is 0 Å². The van der Waals surface area contributed by atoms with Gasteiger partial charge in [-0.05, 0) is 41.8 Å². The minimum atomic E-state index is 0.766. The van der Waals surface area contributed by atoms with Gasteiger partial charge in [-0.3, -0.25) is 0 Å². The van der Waals surface area contributed by atoms with E-state index in [1.807, 2.05) is 13.0 Å². The van der Waals surface area contributed by atoms with E-state index < -0.39 is 0 Å². The number of benzene rings is 1. The molecule has 0 bridgehead atoms. The number of hydrogen-bond donors (Lipinski definition) is 1. The summed E-state index contributed by atoms with van der Waals surface area (Å²) in [5.41, 5.74) is 2.64. The fraction of sp³-hybridized carbons (Fsp3) is 0.286. The molecule has 0 spiro atoms.